The highest BCUT2D eigenvalue weighted by atomic mass is 16.6. The zero-order valence-corrected chi connectivity index (χ0v) is 12.2. The second-order valence-electron chi connectivity index (χ2n) is 6.48. The van der Waals surface area contributed by atoms with E-state index in [0.717, 1.165) is 45.3 Å². The highest BCUT2D eigenvalue weighted by molar-refractivity contribution is 5.74. The molecule has 3 aliphatic rings. The molecule has 0 bridgehead atoms. The van der Waals surface area contributed by atoms with Gasteiger partial charge in [0.2, 0.25) is 0 Å². The number of carbonyl (C=O) groups excluding carboxylic acids is 1. The second-order valence-corrected chi connectivity index (χ2v) is 6.48. The predicted octanol–water partition coefficient (Wildman–Crippen LogP) is 1.96. The van der Waals surface area contributed by atoms with Crippen LogP contribution in [-0.4, -0.2) is 43.5 Å². The number of hydrogen-bond acceptors (Lipinski definition) is 3. The standard InChI is InChI=1S/C15H26N2O3/c18-14(16-12-4-2-1-3-5-12)17-13-6-8-20-15(10-13)7-9-19-11-15/h12-13H,1-11H2,(H2,16,17,18)/t13-,15-/m1/s1. The van der Waals surface area contributed by atoms with Gasteiger partial charge in [-0.1, -0.05) is 19.3 Å². The molecule has 2 heterocycles. The summed E-state index contributed by atoms with van der Waals surface area (Å²) in [6.45, 7) is 2.17. The maximum absolute atomic E-state index is 12.1. The van der Waals surface area contributed by atoms with E-state index in [4.69, 9.17) is 9.47 Å². The van der Waals surface area contributed by atoms with Gasteiger partial charge in [0.1, 0.15) is 0 Å². The number of ether oxygens (including phenoxy) is 2. The van der Waals surface area contributed by atoms with Gasteiger partial charge in [-0.3, -0.25) is 0 Å². The van der Waals surface area contributed by atoms with E-state index in [9.17, 15) is 4.79 Å². The Morgan fingerprint density at radius 2 is 1.80 bits per heavy atom. The number of hydrogen-bond donors (Lipinski definition) is 2. The van der Waals surface area contributed by atoms with E-state index in [2.05, 4.69) is 10.6 Å². The van der Waals surface area contributed by atoms with Crippen LogP contribution in [0.3, 0.4) is 0 Å². The summed E-state index contributed by atoms with van der Waals surface area (Å²) in [5, 5.41) is 6.25. The van der Waals surface area contributed by atoms with E-state index in [0.29, 0.717) is 12.6 Å². The fraction of sp³-hybridized carbons (Fsp3) is 0.933. The second kappa shape index (κ2) is 6.31. The van der Waals surface area contributed by atoms with Gasteiger partial charge in [-0.25, -0.2) is 4.79 Å². The Balaban J connectivity index is 1.45. The Kier molecular flexibility index (Phi) is 4.46. The molecule has 2 N–H and O–H groups in total. The minimum absolute atomic E-state index is 0.00198. The van der Waals surface area contributed by atoms with Gasteiger partial charge in [0.15, 0.2) is 0 Å². The summed E-state index contributed by atoms with van der Waals surface area (Å²) in [4.78, 5) is 12.1. The molecule has 3 fully saturated rings. The van der Waals surface area contributed by atoms with E-state index in [1.807, 2.05) is 0 Å². The third-order valence-corrected chi connectivity index (χ3v) is 4.84. The van der Waals surface area contributed by atoms with Crippen molar-refractivity contribution in [2.24, 2.45) is 0 Å². The largest absolute Gasteiger partial charge is 0.378 e. The van der Waals surface area contributed by atoms with Crippen molar-refractivity contribution in [1.29, 1.82) is 0 Å². The molecule has 5 heteroatoms. The molecular weight excluding hydrogens is 256 g/mol. The quantitative estimate of drug-likeness (QED) is 0.814. The average Bonchev–Trinajstić information content (AvgIpc) is 2.87. The first-order valence-electron chi connectivity index (χ1n) is 8.05. The fourth-order valence-corrected chi connectivity index (χ4v) is 3.67. The topological polar surface area (TPSA) is 59.6 Å². The van der Waals surface area contributed by atoms with Gasteiger partial charge in [-0.05, 0) is 25.7 Å². The van der Waals surface area contributed by atoms with Crippen LogP contribution in [0.2, 0.25) is 0 Å². The lowest BCUT2D eigenvalue weighted by atomic mass is 9.90. The average molecular weight is 282 g/mol. The van der Waals surface area contributed by atoms with Crippen LogP contribution in [0.1, 0.15) is 51.4 Å². The minimum Gasteiger partial charge on any atom is -0.378 e. The third kappa shape index (κ3) is 3.44. The molecule has 2 aliphatic heterocycles. The van der Waals surface area contributed by atoms with Crippen molar-refractivity contribution in [3.63, 3.8) is 0 Å². The van der Waals surface area contributed by atoms with E-state index >= 15 is 0 Å². The first kappa shape index (κ1) is 14.1. The van der Waals surface area contributed by atoms with E-state index in [1.165, 1.54) is 19.3 Å². The van der Waals surface area contributed by atoms with Crippen molar-refractivity contribution in [3.05, 3.63) is 0 Å². The van der Waals surface area contributed by atoms with Crippen molar-refractivity contribution in [3.8, 4) is 0 Å². The summed E-state index contributed by atoms with van der Waals surface area (Å²) in [5.74, 6) is 0. The Hall–Kier alpha value is -0.810. The van der Waals surface area contributed by atoms with Crippen LogP contribution in [-0.2, 0) is 9.47 Å². The number of carbonyl (C=O) groups is 1. The van der Waals surface area contributed by atoms with Crippen molar-refractivity contribution in [2.45, 2.75) is 69.1 Å². The minimum atomic E-state index is -0.138. The Bertz CT molecular complexity index is 336. The first-order chi connectivity index (χ1) is 9.76. The van der Waals surface area contributed by atoms with Gasteiger partial charge >= 0.3 is 6.03 Å². The first-order valence-corrected chi connectivity index (χ1v) is 8.05. The molecule has 114 valence electrons. The number of urea groups is 1. The molecule has 0 unspecified atom stereocenters. The predicted molar refractivity (Wildman–Crippen MR) is 75.7 cm³/mol. The number of amides is 2. The zero-order chi connectivity index (χ0) is 13.8. The van der Waals surface area contributed by atoms with Crippen LogP contribution < -0.4 is 10.6 Å². The lowest BCUT2D eigenvalue weighted by Crippen LogP contribution is -2.52. The summed E-state index contributed by atoms with van der Waals surface area (Å²) < 4.78 is 11.4. The van der Waals surface area contributed by atoms with E-state index in [-0.39, 0.29) is 17.7 Å². The molecule has 1 aliphatic carbocycles. The van der Waals surface area contributed by atoms with Gasteiger partial charge in [-0.15, -0.1) is 0 Å². The van der Waals surface area contributed by atoms with Crippen LogP contribution in [0, 0.1) is 0 Å². The van der Waals surface area contributed by atoms with Crippen LogP contribution in [0.25, 0.3) is 0 Å². The van der Waals surface area contributed by atoms with E-state index < -0.39 is 0 Å². The lowest BCUT2D eigenvalue weighted by Gasteiger charge is -2.37. The van der Waals surface area contributed by atoms with Crippen molar-refractivity contribution in [2.75, 3.05) is 19.8 Å². The molecule has 0 aromatic rings. The molecule has 3 rings (SSSR count). The van der Waals surface area contributed by atoms with Crippen LogP contribution in [0.5, 0.6) is 0 Å². The summed E-state index contributed by atoms with van der Waals surface area (Å²) in [7, 11) is 0. The van der Waals surface area contributed by atoms with Crippen LogP contribution in [0.15, 0.2) is 0 Å². The number of rotatable bonds is 2. The van der Waals surface area contributed by atoms with Gasteiger partial charge in [0.05, 0.1) is 12.2 Å². The summed E-state index contributed by atoms with van der Waals surface area (Å²) in [5.41, 5.74) is -0.138. The van der Waals surface area contributed by atoms with Crippen LogP contribution >= 0.6 is 0 Å². The smallest absolute Gasteiger partial charge is 0.315 e. The summed E-state index contributed by atoms with van der Waals surface area (Å²) in [6, 6.07) is 0.583. The Morgan fingerprint density at radius 3 is 2.55 bits per heavy atom. The molecular formula is C15H26N2O3. The van der Waals surface area contributed by atoms with Gasteiger partial charge in [0, 0.05) is 31.7 Å². The molecule has 1 saturated carbocycles. The SMILES string of the molecule is O=C(NC1CCCCC1)N[C@@H]1CCO[C@]2(CCOC2)C1. The van der Waals surface area contributed by atoms with Crippen molar-refractivity contribution < 1.29 is 14.3 Å². The van der Waals surface area contributed by atoms with Gasteiger partial charge in [-0.2, -0.15) is 0 Å². The van der Waals surface area contributed by atoms with Crippen molar-refractivity contribution in [1.82, 2.24) is 10.6 Å². The molecule has 2 saturated heterocycles. The maximum Gasteiger partial charge on any atom is 0.315 e. The zero-order valence-electron chi connectivity index (χ0n) is 12.2. The highest BCUT2D eigenvalue weighted by Crippen LogP contribution is 2.32. The van der Waals surface area contributed by atoms with Gasteiger partial charge < -0.3 is 20.1 Å². The van der Waals surface area contributed by atoms with Gasteiger partial charge in [0.25, 0.3) is 0 Å². The monoisotopic (exact) mass is 282 g/mol. The molecule has 2 amide bonds. The lowest BCUT2D eigenvalue weighted by molar-refractivity contribution is -0.0878. The molecule has 20 heavy (non-hydrogen) atoms. The summed E-state index contributed by atoms with van der Waals surface area (Å²) in [6.07, 6.45) is 8.77. The fourth-order valence-electron chi connectivity index (χ4n) is 3.67. The third-order valence-electron chi connectivity index (χ3n) is 4.84. The molecule has 5 nitrogen and oxygen atoms in total. The van der Waals surface area contributed by atoms with E-state index in [1.54, 1.807) is 0 Å². The Morgan fingerprint density at radius 1 is 1.00 bits per heavy atom. The highest BCUT2D eigenvalue weighted by Gasteiger charge is 2.41. The van der Waals surface area contributed by atoms with Crippen molar-refractivity contribution >= 4 is 6.03 Å². The molecule has 2 atom stereocenters. The maximum atomic E-state index is 12.1. The number of nitrogens with one attached hydrogen (secondary N) is 2. The molecule has 1 spiro atoms. The Labute approximate surface area is 120 Å². The summed E-state index contributed by atoms with van der Waals surface area (Å²) >= 11 is 0. The molecule has 0 aromatic heterocycles. The molecule has 0 aromatic carbocycles. The molecule has 0 radical (unpaired) electrons. The normalized spacial score (nSPS) is 35.1. The van der Waals surface area contributed by atoms with Crippen LogP contribution in [0.4, 0.5) is 4.79 Å².